The minimum atomic E-state index is 0.141. The molecule has 0 aliphatic heterocycles. The molecule has 0 radical (unpaired) electrons. The second kappa shape index (κ2) is 3.73. The molecule has 14 heavy (non-hydrogen) atoms. The molecule has 1 heterocycles. The van der Waals surface area contributed by atoms with Gasteiger partial charge >= 0.3 is 0 Å². The van der Waals surface area contributed by atoms with E-state index in [4.69, 9.17) is 0 Å². The maximum Gasteiger partial charge on any atom is 0.122 e. The summed E-state index contributed by atoms with van der Waals surface area (Å²) in [7, 11) is 6.18. The molecular weight excluding hydrogens is 174 g/mol. The fraction of sp³-hybridized carbons (Fsp3) is 0.727. The van der Waals surface area contributed by atoms with Crippen molar-refractivity contribution in [3.63, 3.8) is 0 Å². The Kier molecular flexibility index (Phi) is 3.00. The third-order valence-corrected chi connectivity index (χ3v) is 2.20. The summed E-state index contributed by atoms with van der Waals surface area (Å²) in [6, 6.07) is 0. The van der Waals surface area contributed by atoms with Gasteiger partial charge in [0.05, 0.1) is 12.2 Å². The van der Waals surface area contributed by atoms with Crippen molar-refractivity contribution in [3.05, 3.63) is 17.7 Å². The number of rotatable bonds is 2. The second-order valence-corrected chi connectivity index (χ2v) is 5.14. The zero-order valence-electron chi connectivity index (χ0n) is 10.1. The first kappa shape index (κ1) is 11.2. The van der Waals surface area contributed by atoms with E-state index < -0.39 is 0 Å². The van der Waals surface area contributed by atoms with Gasteiger partial charge < -0.3 is 9.47 Å². The average Bonchev–Trinajstić information content (AvgIpc) is 2.30. The van der Waals surface area contributed by atoms with Crippen LogP contribution in [0.5, 0.6) is 0 Å². The van der Waals surface area contributed by atoms with Gasteiger partial charge in [0.15, 0.2) is 0 Å². The average molecular weight is 195 g/mol. The van der Waals surface area contributed by atoms with E-state index in [0.717, 1.165) is 18.1 Å². The number of aromatic nitrogens is 2. The second-order valence-electron chi connectivity index (χ2n) is 5.14. The lowest BCUT2D eigenvalue weighted by molar-refractivity contribution is 0.384. The Labute approximate surface area is 86.7 Å². The number of imidazole rings is 1. The van der Waals surface area contributed by atoms with Gasteiger partial charge in [0.25, 0.3) is 0 Å². The van der Waals surface area contributed by atoms with E-state index in [-0.39, 0.29) is 5.41 Å². The van der Waals surface area contributed by atoms with Crippen molar-refractivity contribution in [1.29, 1.82) is 0 Å². The molecule has 0 amide bonds. The van der Waals surface area contributed by atoms with Gasteiger partial charge in [0.2, 0.25) is 0 Å². The normalized spacial score (nSPS) is 12.5. The molecule has 80 valence electrons. The number of nitrogens with zero attached hydrogens (tertiary/aromatic N) is 3. The van der Waals surface area contributed by atoms with E-state index in [9.17, 15) is 0 Å². The van der Waals surface area contributed by atoms with Gasteiger partial charge in [-0.25, -0.2) is 4.98 Å². The smallest absolute Gasteiger partial charge is 0.122 e. The van der Waals surface area contributed by atoms with Crippen LogP contribution in [0.2, 0.25) is 0 Å². The largest absolute Gasteiger partial charge is 0.337 e. The topological polar surface area (TPSA) is 21.1 Å². The van der Waals surface area contributed by atoms with E-state index in [1.165, 1.54) is 0 Å². The first-order valence-corrected chi connectivity index (χ1v) is 4.98. The maximum absolute atomic E-state index is 4.64. The molecular formula is C11H21N3. The highest BCUT2D eigenvalue weighted by atomic mass is 15.1. The van der Waals surface area contributed by atoms with E-state index in [1.807, 2.05) is 0 Å². The molecule has 1 aromatic rings. The van der Waals surface area contributed by atoms with E-state index in [1.54, 1.807) is 0 Å². The molecule has 0 aromatic carbocycles. The quantitative estimate of drug-likeness (QED) is 0.717. The molecule has 0 fully saturated rings. The van der Waals surface area contributed by atoms with Crippen LogP contribution in [0.1, 0.15) is 32.3 Å². The van der Waals surface area contributed by atoms with Crippen LogP contribution in [0.15, 0.2) is 6.20 Å². The molecule has 0 unspecified atom stereocenters. The zero-order chi connectivity index (χ0) is 10.9. The molecule has 3 heteroatoms. The molecule has 0 saturated carbocycles. The summed E-state index contributed by atoms with van der Waals surface area (Å²) >= 11 is 0. The highest BCUT2D eigenvalue weighted by Gasteiger charge is 2.18. The first-order valence-electron chi connectivity index (χ1n) is 4.98. The van der Waals surface area contributed by atoms with Crippen LogP contribution in [0, 0.1) is 0 Å². The Hall–Kier alpha value is -0.830. The van der Waals surface area contributed by atoms with Crippen LogP contribution in [0.3, 0.4) is 0 Å². The first-order chi connectivity index (χ1) is 6.30. The molecule has 3 nitrogen and oxygen atoms in total. The summed E-state index contributed by atoms with van der Waals surface area (Å²) in [5.74, 6) is 1.12. The number of hydrogen-bond donors (Lipinski definition) is 0. The molecule has 1 aromatic heterocycles. The summed E-state index contributed by atoms with van der Waals surface area (Å²) < 4.78 is 2.11. The standard InChI is InChI=1S/C11H21N3/c1-11(2,3)9-7-14(6)10(12-9)8-13(4)5/h7H,8H2,1-6H3. The lowest BCUT2D eigenvalue weighted by Crippen LogP contribution is -2.15. The molecule has 0 aliphatic rings. The third-order valence-electron chi connectivity index (χ3n) is 2.20. The Bertz CT molecular complexity index is 305. The van der Waals surface area contributed by atoms with Crippen molar-refractivity contribution >= 4 is 0 Å². The Morgan fingerprint density at radius 1 is 1.36 bits per heavy atom. The van der Waals surface area contributed by atoms with Crippen LogP contribution in [-0.4, -0.2) is 28.5 Å². The summed E-state index contributed by atoms with van der Waals surface area (Å²) in [6.45, 7) is 7.46. The Balaban J connectivity index is 2.94. The van der Waals surface area contributed by atoms with Crippen LogP contribution in [0.25, 0.3) is 0 Å². The van der Waals surface area contributed by atoms with Gasteiger partial charge in [-0.3, -0.25) is 0 Å². The van der Waals surface area contributed by atoms with Crippen LogP contribution in [-0.2, 0) is 19.0 Å². The highest BCUT2D eigenvalue weighted by molar-refractivity contribution is 5.12. The molecule has 0 N–H and O–H groups in total. The van der Waals surface area contributed by atoms with Crippen molar-refractivity contribution in [1.82, 2.24) is 14.5 Å². The lowest BCUT2D eigenvalue weighted by Gasteiger charge is -2.14. The Morgan fingerprint density at radius 3 is 2.29 bits per heavy atom. The monoisotopic (exact) mass is 195 g/mol. The fourth-order valence-corrected chi connectivity index (χ4v) is 1.30. The summed E-state index contributed by atoms with van der Waals surface area (Å²) in [6.07, 6.45) is 2.12. The predicted molar refractivity (Wildman–Crippen MR) is 59.3 cm³/mol. The Morgan fingerprint density at radius 2 is 1.93 bits per heavy atom. The SMILES string of the molecule is CN(C)Cc1nc(C(C)(C)C)cn1C. The van der Waals surface area contributed by atoms with E-state index in [0.29, 0.717) is 0 Å². The summed E-state index contributed by atoms with van der Waals surface area (Å²) in [5, 5.41) is 0. The molecule has 1 rings (SSSR count). The van der Waals surface area contributed by atoms with Crippen LogP contribution in [0.4, 0.5) is 0 Å². The molecule has 0 spiro atoms. The number of aryl methyl sites for hydroxylation is 1. The van der Waals surface area contributed by atoms with Gasteiger partial charge in [0, 0.05) is 18.7 Å². The predicted octanol–water partition coefficient (Wildman–Crippen LogP) is 1.78. The van der Waals surface area contributed by atoms with E-state index >= 15 is 0 Å². The van der Waals surface area contributed by atoms with Crippen molar-refractivity contribution in [2.45, 2.75) is 32.7 Å². The minimum Gasteiger partial charge on any atom is -0.337 e. The molecule has 0 bridgehead atoms. The van der Waals surface area contributed by atoms with Crippen LogP contribution < -0.4 is 0 Å². The van der Waals surface area contributed by atoms with Gasteiger partial charge in [-0.05, 0) is 14.1 Å². The summed E-state index contributed by atoms with van der Waals surface area (Å²) in [5.41, 5.74) is 1.30. The maximum atomic E-state index is 4.64. The van der Waals surface area contributed by atoms with Gasteiger partial charge in [0.1, 0.15) is 5.82 Å². The van der Waals surface area contributed by atoms with E-state index in [2.05, 4.69) is 62.6 Å². The molecule has 0 atom stereocenters. The molecule has 0 aliphatic carbocycles. The highest BCUT2D eigenvalue weighted by Crippen LogP contribution is 2.20. The fourth-order valence-electron chi connectivity index (χ4n) is 1.30. The summed E-state index contributed by atoms with van der Waals surface area (Å²) in [4.78, 5) is 6.78. The van der Waals surface area contributed by atoms with Crippen LogP contribution >= 0.6 is 0 Å². The minimum absolute atomic E-state index is 0.141. The van der Waals surface area contributed by atoms with Crippen molar-refractivity contribution in [3.8, 4) is 0 Å². The van der Waals surface area contributed by atoms with Crippen molar-refractivity contribution < 1.29 is 0 Å². The third kappa shape index (κ3) is 2.58. The van der Waals surface area contributed by atoms with Crippen molar-refractivity contribution in [2.24, 2.45) is 7.05 Å². The lowest BCUT2D eigenvalue weighted by atomic mass is 9.93. The molecule has 0 saturated heterocycles. The van der Waals surface area contributed by atoms with Crippen molar-refractivity contribution in [2.75, 3.05) is 14.1 Å². The van der Waals surface area contributed by atoms with Gasteiger partial charge in [-0.2, -0.15) is 0 Å². The number of hydrogen-bond acceptors (Lipinski definition) is 2. The van der Waals surface area contributed by atoms with Gasteiger partial charge in [-0.15, -0.1) is 0 Å². The van der Waals surface area contributed by atoms with Gasteiger partial charge in [-0.1, -0.05) is 20.8 Å². The zero-order valence-corrected chi connectivity index (χ0v) is 10.1.